The number of aryl methyl sites for hydroxylation is 1. The van der Waals surface area contributed by atoms with E-state index in [1.54, 1.807) is 31.2 Å². The molecule has 1 amide bonds. The van der Waals surface area contributed by atoms with Gasteiger partial charge in [0.05, 0.1) is 27.1 Å². The Hall–Kier alpha value is -3.27. The fourth-order valence-electron chi connectivity index (χ4n) is 2.58. The standard InChI is InChI=1S/C20H20FN3O5S/c1-11-5-6-13(9-14(11)21)22-17(25)10-30-20-24-23-19(29-20)12-7-15(26-2)18(28-4)16(8-12)27-3/h5-9H,10H2,1-4H3,(H,22,25). The molecule has 0 atom stereocenters. The number of amides is 1. The molecule has 3 aromatic rings. The minimum absolute atomic E-state index is 0.0202. The smallest absolute Gasteiger partial charge is 0.277 e. The molecule has 1 aromatic heterocycles. The molecule has 0 saturated heterocycles. The van der Waals surface area contributed by atoms with Crippen molar-refractivity contribution in [2.45, 2.75) is 12.1 Å². The van der Waals surface area contributed by atoms with Crippen molar-refractivity contribution < 1.29 is 27.8 Å². The zero-order chi connectivity index (χ0) is 21.7. The van der Waals surface area contributed by atoms with Crippen molar-refractivity contribution in [1.82, 2.24) is 10.2 Å². The van der Waals surface area contributed by atoms with E-state index in [-0.39, 0.29) is 28.6 Å². The summed E-state index contributed by atoms with van der Waals surface area (Å²) in [5, 5.41) is 10.8. The van der Waals surface area contributed by atoms with E-state index in [1.165, 1.54) is 27.4 Å². The highest BCUT2D eigenvalue weighted by molar-refractivity contribution is 7.99. The van der Waals surface area contributed by atoms with Crippen LogP contribution >= 0.6 is 11.8 Å². The first-order chi connectivity index (χ1) is 14.4. The van der Waals surface area contributed by atoms with Crippen LogP contribution in [0.4, 0.5) is 10.1 Å². The summed E-state index contributed by atoms with van der Waals surface area (Å²) in [6.45, 7) is 1.65. The van der Waals surface area contributed by atoms with Crippen molar-refractivity contribution in [2.75, 3.05) is 32.4 Å². The number of methoxy groups -OCH3 is 3. The van der Waals surface area contributed by atoms with Crippen LogP contribution in [0.1, 0.15) is 5.56 Å². The van der Waals surface area contributed by atoms with Crippen molar-refractivity contribution in [3.8, 4) is 28.7 Å². The fraction of sp³-hybridized carbons (Fsp3) is 0.250. The molecular weight excluding hydrogens is 413 g/mol. The molecule has 0 unspecified atom stereocenters. The van der Waals surface area contributed by atoms with E-state index in [0.29, 0.717) is 34.1 Å². The Bertz CT molecular complexity index is 1030. The summed E-state index contributed by atoms with van der Waals surface area (Å²) in [4.78, 5) is 12.1. The minimum atomic E-state index is -0.382. The summed E-state index contributed by atoms with van der Waals surface area (Å²) >= 11 is 1.06. The number of hydrogen-bond donors (Lipinski definition) is 1. The van der Waals surface area contributed by atoms with Crippen LogP contribution in [0.15, 0.2) is 40.0 Å². The number of carbonyl (C=O) groups is 1. The Labute approximate surface area is 176 Å². The minimum Gasteiger partial charge on any atom is -0.493 e. The van der Waals surface area contributed by atoms with Crippen molar-refractivity contribution in [1.29, 1.82) is 0 Å². The summed E-state index contributed by atoms with van der Waals surface area (Å²) in [5.41, 5.74) is 1.46. The topological polar surface area (TPSA) is 95.7 Å². The third-order valence-electron chi connectivity index (χ3n) is 4.10. The number of carbonyl (C=O) groups excluding carboxylic acids is 1. The van der Waals surface area contributed by atoms with Gasteiger partial charge in [-0.1, -0.05) is 17.8 Å². The third-order valence-corrected chi connectivity index (χ3v) is 4.92. The third kappa shape index (κ3) is 4.82. The van der Waals surface area contributed by atoms with Gasteiger partial charge in [-0.25, -0.2) is 4.39 Å². The molecular formula is C20H20FN3O5S. The Morgan fingerprint density at radius 3 is 2.40 bits per heavy atom. The molecule has 0 radical (unpaired) electrons. The number of rotatable bonds is 8. The molecule has 2 aromatic carbocycles. The number of halogens is 1. The molecule has 0 aliphatic rings. The van der Waals surface area contributed by atoms with E-state index in [0.717, 1.165) is 11.8 Å². The van der Waals surface area contributed by atoms with E-state index in [9.17, 15) is 9.18 Å². The predicted octanol–water partition coefficient (Wildman–Crippen LogP) is 3.94. The maximum Gasteiger partial charge on any atom is 0.277 e. The van der Waals surface area contributed by atoms with Crippen LogP contribution in [0.2, 0.25) is 0 Å². The lowest BCUT2D eigenvalue weighted by molar-refractivity contribution is -0.113. The highest BCUT2D eigenvalue weighted by Crippen LogP contribution is 2.41. The Balaban J connectivity index is 1.68. The van der Waals surface area contributed by atoms with Gasteiger partial charge in [0, 0.05) is 11.3 Å². The SMILES string of the molecule is COc1cc(-c2nnc(SCC(=O)Nc3ccc(C)c(F)c3)o2)cc(OC)c1OC. The maximum atomic E-state index is 13.6. The second kappa shape index (κ2) is 9.49. The molecule has 1 N–H and O–H groups in total. The highest BCUT2D eigenvalue weighted by atomic mass is 32.2. The van der Waals surface area contributed by atoms with E-state index in [1.807, 2.05) is 0 Å². The average Bonchev–Trinajstić information content (AvgIpc) is 3.23. The molecule has 1 heterocycles. The number of nitrogens with one attached hydrogen (secondary N) is 1. The second-order valence-electron chi connectivity index (χ2n) is 6.09. The lowest BCUT2D eigenvalue weighted by atomic mass is 10.2. The molecule has 158 valence electrons. The first-order valence-corrected chi connectivity index (χ1v) is 9.76. The molecule has 0 saturated carbocycles. The molecule has 3 rings (SSSR count). The normalized spacial score (nSPS) is 10.6. The van der Waals surface area contributed by atoms with Crippen molar-refractivity contribution in [2.24, 2.45) is 0 Å². The van der Waals surface area contributed by atoms with E-state index in [4.69, 9.17) is 18.6 Å². The average molecular weight is 433 g/mol. The lowest BCUT2D eigenvalue weighted by Crippen LogP contribution is -2.14. The van der Waals surface area contributed by atoms with E-state index in [2.05, 4.69) is 15.5 Å². The van der Waals surface area contributed by atoms with Crippen LogP contribution in [0.25, 0.3) is 11.5 Å². The van der Waals surface area contributed by atoms with Crippen LogP contribution < -0.4 is 19.5 Å². The van der Waals surface area contributed by atoms with Gasteiger partial charge in [0.15, 0.2) is 11.5 Å². The highest BCUT2D eigenvalue weighted by Gasteiger charge is 2.18. The van der Waals surface area contributed by atoms with Crippen LogP contribution in [-0.2, 0) is 4.79 Å². The van der Waals surface area contributed by atoms with Crippen molar-refractivity contribution in [3.05, 3.63) is 41.7 Å². The zero-order valence-electron chi connectivity index (χ0n) is 16.8. The van der Waals surface area contributed by atoms with Gasteiger partial charge in [-0.3, -0.25) is 4.79 Å². The number of anilines is 1. The molecule has 10 heteroatoms. The Morgan fingerprint density at radius 1 is 1.10 bits per heavy atom. The van der Waals surface area contributed by atoms with Crippen molar-refractivity contribution in [3.63, 3.8) is 0 Å². The molecule has 0 aliphatic carbocycles. The van der Waals surface area contributed by atoms with Gasteiger partial charge in [0.1, 0.15) is 5.82 Å². The molecule has 0 bridgehead atoms. The monoisotopic (exact) mass is 433 g/mol. The molecule has 0 spiro atoms. The van der Waals surface area contributed by atoms with Crippen LogP contribution in [0.3, 0.4) is 0 Å². The van der Waals surface area contributed by atoms with Crippen LogP contribution in [0.5, 0.6) is 17.2 Å². The van der Waals surface area contributed by atoms with Gasteiger partial charge in [0.2, 0.25) is 17.5 Å². The predicted molar refractivity (Wildman–Crippen MR) is 110 cm³/mol. The van der Waals surface area contributed by atoms with E-state index >= 15 is 0 Å². The summed E-state index contributed by atoms with van der Waals surface area (Å²) in [6.07, 6.45) is 0. The molecule has 0 aliphatic heterocycles. The largest absolute Gasteiger partial charge is 0.493 e. The number of benzene rings is 2. The number of hydrogen-bond acceptors (Lipinski definition) is 8. The van der Waals surface area contributed by atoms with Gasteiger partial charge >= 0.3 is 0 Å². The molecule has 8 nitrogen and oxygen atoms in total. The van der Waals surface area contributed by atoms with Gasteiger partial charge in [-0.05, 0) is 36.8 Å². The van der Waals surface area contributed by atoms with Crippen LogP contribution in [-0.4, -0.2) is 43.2 Å². The first-order valence-electron chi connectivity index (χ1n) is 8.77. The fourth-order valence-corrected chi connectivity index (χ4v) is 3.15. The molecule has 0 fully saturated rings. The summed E-state index contributed by atoms with van der Waals surface area (Å²) in [5.74, 6) is 0.891. The van der Waals surface area contributed by atoms with E-state index < -0.39 is 0 Å². The van der Waals surface area contributed by atoms with Gasteiger partial charge < -0.3 is 23.9 Å². The summed E-state index contributed by atoms with van der Waals surface area (Å²) in [7, 11) is 4.53. The number of ether oxygens (including phenoxy) is 3. The Morgan fingerprint density at radius 2 is 1.80 bits per heavy atom. The number of nitrogens with zero attached hydrogens (tertiary/aromatic N) is 2. The first kappa shape index (κ1) is 21.4. The number of thioether (sulfide) groups is 1. The summed E-state index contributed by atoms with van der Waals surface area (Å²) in [6, 6.07) is 7.87. The quantitative estimate of drug-likeness (QED) is 0.534. The maximum absolute atomic E-state index is 13.6. The van der Waals surface area contributed by atoms with Gasteiger partial charge in [0.25, 0.3) is 5.22 Å². The molecule has 30 heavy (non-hydrogen) atoms. The second-order valence-corrected chi connectivity index (χ2v) is 7.01. The van der Waals surface area contributed by atoms with Crippen molar-refractivity contribution >= 4 is 23.4 Å². The zero-order valence-corrected chi connectivity index (χ0v) is 17.6. The Kier molecular flexibility index (Phi) is 6.78. The lowest BCUT2D eigenvalue weighted by Gasteiger charge is -2.12. The van der Waals surface area contributed by atoms with Gasteiger partial charge in [-0.2, -0.15) is 0 Å². The van der Waals surface area contributed by atoms with Gasteiger partial charge in [-0.15, -0.1) is 10.2 Å². The number of aromatic nitrogens is 2. The van der Waals surface area contributed by atoms with Crippen LogP contribution in [0, 0.1) is 12.7 Å². The summed E-state index contributed by atoms with van der Waals surface area (Å²) < 4.78 is 35.1.